The Labute approximate surface area is 107 Å². The van der Waals surface area contributed by atoms with Crippen molar-refractivity contribution < 1.29 is 20.1 Å². The predicted molar refractivity (Wildman–Crippen MR) is 65.0 cm³/mol. The van der Waals surface area contributed by atoms with Gasteiger partial charge in [-0.15, -0.1) is 0 Å². The molecule has 2 aromatic heterocycles. The van der Waals surface area contributed by atoms with E-state index in [2.05, 4.69) is 15.2 Å². The molecule has 1 saturated heterocycles. The molecule has 0 aliphatic carbocycles. The lowest BCUT2D eigenvalue weighted by Gasteiger charge is -2.13. The molecular formula is C11H14N4O4. The van der Waals surface area contributed by atoms with Gasteiger partial charge in [0.25, 0.3) is 0 Å². The molecule has 102 valence electrons. The maximum Gasteiger partial charge on any atom is 0.151 e. The average molecular weight is 266 g/mol. The second-order valence-electron chi connectivity index (χ2n) is 4.49. The van der Waals surface area contributed by atoms with Crippen LogP contribution in [0.25, 0.3) is 10.9 Å². The number of aliphatic hydroxyl groups is 3. The Balaban J connectivity index is 2.04. The van der Waals surface area contributed by atoms with Gasteiger partial charge < -0.3 is 25.8 Å². The summed E-state index contributed by atoms with van der Waals surface area (Å²) in [7, 11) is 0. The number of nitrogens with two attached hydrogens (primary N) is 1. The van der Waals surface area contributed by atoms with Gasteiger partial charge in [-0.3, -0.25) is 5.10 Å². The maximum absolute atomic E-state index is 9.98. The number of hydrogen-bond acceptors (Lipinski definition) is 7. The molecule has 3 heterocycles. The molecule has 1 fully saturated rings. The first-order valence-electron chi connectivity index (χ1n) is 5.84. The molecule has 8 heteroatoms. The number of nitrogen functional groups attached to an aromatic ring is 1. The quantitative estimate of drug-likeness (QED) is 0.455. The highest BCUT2D eigenvalue weighted by Gasteiger charge is 2.44. The monoisotopic (exact) mass is 266 g/mol. The Morgan fingerprint density at radius 2 is 2.16 bits per heavy atom. The Morgan fingerprint density at radius 3 is 2.84 bits per heavy atom. The normalized spacial score (nSPS) is 31.1. The highest BCUT2D eigenvalue weighted by Crippen LogP contribution is 2.36. The van der Waals surface area contributed by atoms with Crippen LogP contribution in [-0.2, 0) is 4.74 Å². The van der Waals surface area contributed by atoms with Crippen molar-refractivity contribution >= 4 is 16.7 Å². The van der Waals surface area contributed by atoms with E-state index in [0.717, 1.165) is 0 Å². The summed E-state index contributed by atoms with van der Waals surface area (Å²) in [6.45, 7) is -0.371. The smallest absolute Gasteiger partial charge is 0.151 e. The third kappa shape index (κ3) is 1.77. The molecule has 2 aromatic rings. The summed E-state index contributed by atoms with van der Waals surface area (Å²) in [5.74, 6) is 0.270. The van der Waals surface area contributed by atoms with E-state index in [1.165, 1.54) is 6.20 Å². The number of H-pyrrole nitrogens is 1. The van der Waals surface area contributed by atoms with Crippen LogP contribution in [0.3, 0.4) is 0 Å². The summed E-state index contributed by atoms with van der Waals surface area (Å²) in [5, 5.41) is 36.2. The largest absolute Gasteiger partial charge is 0.394 e. The van der Waals surface area contributed by atoms with E-state index in [4.69, 9.17) is 15.6 Å². The Morgan fingerprint density at radius 1 is 1.37 bits per heavy atom. The zero-order valence-corrected chi connectivity index (χ0v) is 9.89. The number of aliphatic hydroxyl groups excluding tert-OH is 3. The van der Waals surface area contributed by atoms with E-state index in [0.29, 0.717) is 16.6 Å². The standard InChI is InChI=1S/C11H14N4O4/c12-11-7-4(1-2-13-11)6(14-15-7)10-9(18)8(17)5(3-16)19-10/h1-2,5,8-10,16-18H,3H2,(H2,12,13)(H,14,15)/t5-,8-,9-,10+/m1/s1. The molecule has 0 saturated carbocycles. The van der Waals surface area contributed by atoms with E-state index in [-0.39, 0.29) is 12.4 Å². The molecule has 0 aromatic carbocycles. The Kier molecular flexibility index (Phi) is 2.86. The summed E-state index contributed by atoms with van der Waals surface area (Å²) in [4.78, 5) is 3.91. The molecule has 1 aliphatic rings. The lowest BCUT2D eigenvalue weighted by atomic mass is 10.0. The van der Waals surface area contributed by atoms with Crippen molar-refractivity contribution in [2.45, 2.75) is 24.4 Å². The van der Waals surface area contributed by atoms with Crippen molar-refractivity contribution in [2.75, 3.05) is 12.3 Å². The zero-order chi connectivity index (χ0) is 13.6. The van der Waals surface area contributed by atoms with Crippen LogP contribution in [0.1, 0.15) is 11.8 Å². The van der Waals surface area contributed by atoms with Gasteiger partial charge in [0.2, 0.25) is 0 Å². The number of aromatic amines is 1. The minimum absolute atomic E-state index is 0.270. The van der Waals surface area contributed by atoms with Crippen molar-refractivity contribution in [3.8, 4) is 0 Å². The van der Waals surface area contributed by atoms with Crippen LogP contribution in [0.5, 0.6) is 0 Å². The van der Waals surface area contributed by atoms with Crippen molar-refractivity contribution in [3.63, 3.8) is 0 Å². The molecule has 1 aliphatic heterocycles. The molecule has 0 amide bonds. The number of anilines is 1. The molecule has 3 rings (SSSR count). The van der Waals surface area contributed by atoms with Crippen LogP contribution in [0.15, 0.2) is 12.3 Å². The third-order valence-corrected chi connectivity index (χ3v) is 3.36. The first-order chi connectivity index (χ1) is 9.13. The number of rotatable bonds is 2. The van der Waals surface area contributed by atoms with Gasteiger partial charge in [-0.05, 0) is 6.07 Å². The van der Waals surface area contributed by atoms with Gasteiger partial charge >= 0.3 is 0 Å². The zero-order valence-electron chi connectivity index (χ0n) is 9.89. The highest BCUT2D eigenvalue weighted by molar-refractivity contribution is 5.89. The lowest BCUT2D eigenvalue weighted by Crippen LogP contribution is -2.32. The molecule has 0 radical (unpaired) electrons. The van der Waals surface area contributed by atoms with Gasteiger partial charge in [-0.25, -0.2) is 4.98 Å². The number of aromatic nitrogens is 3. The van der Waals surface area contributed by atoms with Crippen LogP contribution < -0.4 is 5.73 Å². The molecule has 0 bridgehead atoms. The topological polar surface area (TPSA) is 138 Å². The lowest BCUT2D eigenvalue weighted by molar-refractivity contribution is -0.0235. The van der Waals surface area contributed by atoms with Crippen molar-refractivity contribution in [1.82, 2.24) is 15.2 Å². The molecule has 4 atom stereocenters. The van der Waals surface area contributed by atoms with Crippen molar-refractivity contribution in [3.05, 3.63) is 18.0 Å². The van der Waals surface area contributed by atoms with Crippen LogP contribution in [0, 0.1) is 0 Å². The van der Waals surface area contributed by atoms with Crippen LogP contribution >= 0.6 is 0 Å². The summed E-state index contributed by atoms with van der Waals surface area (Å²) < 4.78 is 5.44. The average Bonchev–Trinajstić information content (AvgIpc) is 2.94. The van der Waals surface area contributed by atoms with E-state index in [1.54, 1.807) is 6.07 Å². The number of hydrogen-bond donors (Lipinski definition) is 5. The van der Waals surface area contributed by atoms with Crippen molar-refractivity contribution in [2.24, 2.45) is 0 Å². The summed E-state index contributed by atoms with van der Waals surface area (Å²) in [6, 6.07) is 1.69. The number of fused-ring (bicyclic) bond motifs is 1. The van der Waals surface area contributed by atoms with Crippen LogP contribution in [0.2, 0.25) is 0 Å². The Hall–Kier alpha value is -1.74. The Bertz CT molecular complexity index is 601. The van der Waals surface area contributed by atoms with E-state index in [1.807, 2.05) is 0 Å². The molecule has 19 heavy (non-hydrogen) atoms. The van der Waals surface area contributed by atoms with Gasteiger partial charge in [0.05, 0.1) is 12.3 Å². The number of nitrogens with one attached hydrogen (secondary N) is 1. The molecule has 0 unspecified atom stereocenters. The fourth-order valence-electron chi connectivity index (χ4n) is 2.34. The first-order valence-corrected chi connectivity index (χ1v) is 5.84. The summed E-state index contributed by atoms with van der Waals surface area (Å²) >= 11 is 0. The summed E-state index contributed by atoms with van der Waals surface area (Å²) in [6.07, 6.45) is -2.38. The molecular weight excluding hydrogens is 252 g/mol. The van der Waals surface area contributed by atoms with Gasteiger partial charge in [-0.2, -0.15) is 5.10 Å². The summed E-state index contributed by atoms with van der Waals surface area (Å²) in [5.41, 5.74) is 6.69. The molecule has 8 nitrogen and oxygen atoms in total. The van der Waals surface area contributed by atoms with Gasteiger partial charge in [-0.1, -0.05) is 0 Å². The van der Waals surface area contributed by atoms with Crippen molar-refractivity contribution in [1.29, 1.82) is 0 Å². The van der Waals surface area contributed by atoms with Gasteiger partial charge in [0.15, 0.2) is 5.82 Å². The first kappa shape index (κ1) is 12.3. The fraction of sp³-hybridized carbons (Fsp3) is 0.455. The van der Waals surface area contributed by atoms with Gasteiger partial charge in [0, 0.05) is 11.6 Å². The second kappa shape index (κ2) is 4.42. The predicted octanol–water partition coefficient (Wildman–Crippen LogP) is -1.31. The van der Waals surface area contributed by atoms with E-state index < -0.39 is 24.4 Å². The van der Waals surface area contributed by atoms with Crippen LogP contribution in [0.4, 0.5) is 5.82 Å². The van der Waals surface area contributed by atoms with E-state index >= 15 is 0 Å². The molecule has 0 spiro atoms. The minimum atomic E-state index is -1.15. The maximum atomic E-state index is 9.98. The number of ether oxygens (including phenoxy) is 1. The minimum Gasteiger partial charge on any atom is -0.394 e. The van der Waals surface area contributed by atoms with Crippen LogP contribution in [-0.4, -0.2) is 55.4 Å². The third-order valence-electron chi connectivity index (χ3n) is 3.36. The SMILES string of the molecule is Nc1nccc2c([C@@H]3O[C@H](CO)[C@@H](O)[C@H]3O)[nH]nc12. The number of nitrogens with zero attached hydrogens (tertiary/aromatic N) is 2. The van der Waals surface area contributed by atoms with Gasteiger partial charge in [0.1, 0.15) is 29.9 Å². The molecule has 6 N–H and O–H groups in total. The second-order valence-corrected chi connectivity index (χ2v) is 4.49. The van der Waals surface area contributed by atoms with E-state index in [9.17, 15) is 10.2 Å². The highest BCUT2D eigenvalue weighted by atomic mass is 16.6. The fourth-order valence-corrected chi connectivity index (χ4v) is 2.34. The number of pyridine rings is 1.